The summed E-state index contributed by atoms with van der Waals surface area (Å²) in [5.41, 5.74) is 0. The van der Waals surface area contributed by atoms with Gasteiger partial charge in [0, 0.05) is 5.92 Å². The fourth-order valence-corrected chi connectivity index (χ4v) is 2.66. The van der Waals surface area contributed by atoms with Gasteiger partial charge in [0.25, 0.3) is 0 Å². The Morgan fingerprint density at radius 3 is 2.67 bits per heavy atom. The summed E-state index contributed by atoms with van der Waals surface area (Å²) in [6.07, 6.45) is 4.76. The molecule has 2 heteroatoms. The Bertz CT molecular complexity index is 190. The molecule has 0 aliphatic heterocycles. The molecule has 0 N–H and O–H groups in total. The summed E-state index contributed by atoms with van der Waals surface area (Å²) in [6.45, 7) is 0. The van der Waals surface area contributed by atoms with Crippen LogP contribution in [0.25, 0.3) is 0 Å². The number of hydrogen-bond acceptors (Lipinski definition) is 1. The smallest absolute Gasteiger partial charge is 0.170 e. The van der Waals surface area contributed by atoms with E-state index in [9.17, 15) is 9.18 Å². The van der Waals surface area contributed by atoms with E-state index in [1.54, 1.807) is 0 Å². The van der Waals surface area contributed by atoms with Crippen molar-refractivity contribution in [1.82, 2.24) is 0 Å². The normalized spacial score (nSPS) is 42.4. The second kappa shape index (κ2) is 3.15. The predicted molar refractivity (Wildman–Crippen MR) is 44.6 cm³/mol. The summed E-state index contributed by atoms with van der Waals surface area (Å²) >= 11 is 0. The summed E-state index contributed by atoms with van der Waals surface area (Å²) in [6, 6.07) is 0. The van der Waals surface area contributed by atoms with E-state index in [1.165, 1.54) is 6.42 Å². The quantitative estimate of drug-likeness (QED) is 0.546. The van der Waals surface area contributed by atoms with Crippen molar-refractivity contribution < 1.29 is 9.18 Å². The molecule has 0 amide bonds. The molecule has 0 saturated heterocycles. The van der Waals surface area contributed by atoms with Gasteiger partial charge in [-0.2, -0.15) is 0 Å². The Balaban J connectivity index is 2.08. The number of Topliss-reactive ketones (excluding diaryl/α,β-unsaturated/α-hetero) is 1. The SMILES string of the molecule is O=C1C2CCCC[C@H]2CC[C@H]1F. The summed E-state index contributed by atoms with van der Waals surface area (Å²) in [7, 11) is 0. The number of carbonyl (C=O) groups is 1. The van der Waals surface area contributed by atoms with Crippen LogP contribution in [0.1, 0.15) is 38.5 Å². The van der Waals surface area contributed by atoms with Gasteiger partial charge in [-0.05, 0) is 31.6 Å². The molecule has 1 nitrogen and oxygen atoms in total. The minimum Gasteiger partial charge on any atom is -0.296 e. The van der Waals surface area contributed by atoms with Crippen LogP contribution in [-0.2, 0) is 4.79 Å². The third kappa shape index (κ3) is 1.27. The van der Waals surface area contributed by atoms with Crippen LogP contribution in [0.4, 0.5) is 4.39 Å². The minimum atomic E-state index is -1.13. The maximum absolute atomic E-state index is 13.0. The average molecular weight is 170 g/mol. The van der Waals surface area contributed by atoms with Gasteiger partial charge in [-0.3, -0.25) is 4.79 Å². The van der Waals surface area contributed by atoms with Crippen LogP contribution < -0.4 is 0 Å². The summed E-state index contributed by atoms with van der Waals surface area (Å²) in [4.78, 5) is 11.4. The zero-order chi connectivity index (χ0) is 8.55. The lowest BCUT2D eigenvalue weighted by atomic mass is 9.70. The number of halogens is 1. The third-order valence-electron chi connectivity index (χ3n) is 3.37. The molecule has 0 radical (unpaired) electrons. The van der Waals surface area contributed by atoms with E-state index in [1.807, 2.05) is 0 Å². The first-order chi connectivity index (χ1) is 5.79. The van der Waals surface area contributed by atoms with Crippen LogP contribution in [0.15, 0.2) is 0 Å². The van der Waals surface area contributed by atoms with Crippen molar-refractivity contribution in [3.05, 3.63) is 0 Å². The zero-order valence-corrected chi connectivity index (χ0v) is 7.26. The maximum Gasteiger partial charge on any atom is 0.170 e. The van der Waals surface area contributed by atoms with Crippen molar-refractivity contribution in [2.75, 3.05) is 0 Å². The van der Waals surface area contributed by atoms with Gasteiger partial charge in [0.05, 0.1) is 0 Å². The molecule has 0 spiro atoms. The fourth-order valence-electron chi connectivity index (χ4n) is 2.66. The zero-order valence-electron chi connectivity index (χ0n) is 7.26. The highest BCUT2D eigenvalue weighted by Gasteiger charge is 2.38. The molecule has 68 valence electrons. The first kappa shape index (κ1) is 8.21. The Hall–Kier alpha value is -0.400. The predicted octanol–water partition coefficient (Wildman–Crippen LogP) is 2.49. The summed E-state index contributed by atoms with van der Waals surface area (Å²) in [5.74, 6) is 0.520. The molecule has 0 aromatic rings. The van der Waals surface area contributed by atoms with E-state index >= 15 is 0 Å². The lowest BCUT2D eigenvalue weighted by Gasteiger charge is -2.35. The number of hydrogen-bond donors (Lipinski definition) is 0. The molecule has 2 rings (SSSR count). The third-order valence-corrected chi connectivity index (χ3v) is 3.37. The Kier molecular flexibility index (Phi) is 2.16. The molecule has 3 atom stereocenters. The molecule has 1 unspecified atom stereocenters. The Labute approximate surface area is 72.3 Å². The topological polar surface area (TPSA) is 17.1 Å². The molecule has 2 fully saturated rings. The molecular formula is C10H15FO. The molecule has 2 aliphatic rings. The largest absolute Gasteiger partial charge is 0.296 e. The number of fused-ring (bicyclic) bond motifs is 1. The van der Waals surface area contributed by atoms with E-state index in [2.05, 4.69) is 0 Å². The van der Waals surface area contributed by atoms with Gasteiger partial charge in [-0.15, -0.1) is 0 Å². The van der Waals surface area contributed by atoms with Crippen molar-refractivity contribution in [2.45, 2.75) is 44.7 Å². The van der Waals surface area contributed by atoms with Crippen molar-refractivity contribution in [3.8, 4) is 0 Å². The lowest BCUT2D eigenvalue weighted by Crippen LogP contribution is -2.37. The molecular weight excluding hydrogens is 155 g/mol. The first-order valence-corrected chi connectivity index (χ1v) is 4.97. The first-order valence-electron chi connectivity index (χ1n) is 4.97. The van der Waals surface area contributed by atoms with Crippen molar-refractivity contribution in [1.29, 1.82) is 0 Å². The number of carbonyl (C=O) groups excluding carboxylic acids is 1. The lowest BCUT2D eigenvalue weighted by molar-refractivity contribution is -0.134. The second-order valence-electron chi connectivity index (χ2n) is 4.10. The highest BCUT2D eigenvalue weighted by molar-refractivity contribution is 5.86. The monoisotopic (exact) mass is 170 g/mol. The molecule has 0 aromatic carbocycles. The van der Waals surface area contributed by atoms with Crippen LogP contribution in [0.3, 0.4) is 0 Å². The Morgan fingerprint density at radius 1 is 1.08 bits per heavy atom. The van der Waals surface area contributed by atoms with Gasteiger partial charge < -0.3 is 0 Å². The van der Waals surface area contributed by atoms with Gasteiger partial charge >= 0.3 is 0 Å². The van der Waals surface area contributed by atoms with Gasteiger partial charge in [0.2, 0.25) is 0 Å². The molecule has 0 aromatic heterocycles. The van der Waals surface area contributed by atoms with E-state index in [4.69, 9.17) is 0 Å². The van der Waals surface area contributed by atoms with Crippen LogP contribution in [-0.4, -0.2) is 12.0 Å². The van der Waals surface area contributed by atoms with Gasteiger partial charge in [-0.25, -0.2) is 4.39 Å². The molecule has 0 bridgehead atoms. The second-order valence-corrected chi connectivity index (χ2v) is 4.10. The molecule has 2 aliphatic carbocycles. The fraction of sp³-hybridized carbons (Fsp3) is 0.900. The summed E-state index contributed by atoms with van der Waals surface area (Å²) < 4.78 is 13.0. The molecule has 12 heavy (non-hydrogen) atoms. The molecule has 0 heterocycles. The van der Waals surface area contributed by atoms with Crippen molar-refractivity contribution >= 4 is 5.78 Å². The van der Waals surface area contributed by atoms with Crippen molar-refractivity contribution in [2.24, 2.45) is 11.8 Å². The molecule has 2 saturated carbocycles. The van der Waals surface area contributed by atoms with Crippen molar-refractivity contribution in [3.63, 3.8) is 0 Å². The van der Waals surface area contributed by atoms with Gasteiger partial charge in [-0.1, -0.05) is 12.8 Å². The number of ketones is 1. The summed E-state index contributed by atoms with van der Waals surface area (Å²) in [5, 5.41) is 0. The van der Waals surface area contributed by atoms with Crippen LogP contribution >= 0.6 is 0 Å². The highest BCUT2D eigenvalue weighted by atomic mass is 19.1. The van der Waals surface area contributed by atoms with E-state index in [0.717, 1.165) is 25.7 Å². The standard InChI is InChI=1S/C10H15FO/c11-9-6-5-7-3-1-2-4-8(7)10(9)12/h7-9H,1-6H2/t7-,8?,9+/m0/s1. The minimum absolute atomic E-state index is 0.0856. The highest BCUT2D eigenvalue weighted by Crippen LogP contribution is 2.39. The van der Waals surface area contributed by atoms with Gasteiger partial charge in [0.15, 0.2) is 12.0 Å². The van der Waals surface area contributed by atoms with Crippen LogP contribution in [0.5, 0.6) is 0 Å². The van der Waals surface area contributed by atoms with E-state index < -0.39 is 6.17 Å². The van der Waals surface area contributed by atoms with E-state index in [-0.39, 0.29) is 11.7 Å². The Morgan fingerprint density at radius 2 is 1.83 bits per heavy atom. The van der Waals surface area contributed by atoms with E-state index in [0.29, 0.717) is 12.3 Å². The number of alkyl halides is 1. The average Bonchev–Trinajstić information content (AvgIpc) is 2.12. The van der Waals surface area contributed by atoms with Gasteiger partial charge in [0.1, 0.15) is 0 Å². The van der Waals surface area contributed by atoms with Crippen LogP contribution in [0, 0.1) is 11.8 Å². The number of rotatable bonds is 0. The van der Waals surface area contributed by atoms with Crippen LogP contribution in [0.2, 0.25) is 0 Å². The maximum atomic E-state index is 13.0.